The summed E-state index contributed by atoms with van der Waals surface area (Å²) in [6.45, 7) is 3.90. The van der Waals surface area contributed by atoms with E-state index in [0.717, 1.165) is 11.1 Å². The van der Waals surface area contributed by atoms with Gasteiger partial charge in [0.1, 0.15) is 5.82 Å². The molecule has 4 N–H and O–H groups in total. The van der Waals surface area contributed by atoms with E-state index in [2.05, 4.69) is 0 Å². The number of hydrogen-bond acceptors (Lipinski definition) is 3. The Bertz CT molecular complexity index is 660. The van der Waals surface area contributed by atoms with Gasteiger partial charge < -0.3 is 15.9 Å². The van der Waals surface area contributed by atoms with Gasteiger partial charge in [0.25, 0.3) is 0 Å². The maximum absolute atomic E-state index is 13.8. The summed E-state index contributed by atoms with van der Waals surface area (Å²) in [6.07, 6.45) is -0.534. The van der Waals surface area contributed by atoms with E-state index in [0.29, 0.717) is 12.0 Å². The van der Waals surface area contributed by atoms with Gasteiger partial charge in [0.2, 0.25) is 0 Å². The quantitative estimate of drug-likeness (QED) is 0.730. The second-order valence-electron chi connectivity index (χ2n) is 6.80. The van der Waals surface area contributed by atoms with Crippen molar-refractivity contribution in [3.63, 3.8) is 0 Å². The van der Waals surface area contributed by atoms with E-state index < -0.39 is 11.7 Å². The Labute approximate surface area is 143 Å². The average Bonchev–Trinajstić information content (AvgIpc) is 2.54. The van der Waals surface area contributed by atoms with E-state index in [-0.39, 0.29) is 24.7 Å². The predicted molar refractivity (Wildman–Crippen MR) is 95.0 cm³/mol. The zero-order valence-corrected chi connectivity index (χ0v) is 14.2. The molecule has 0 bridgehead atoms. The summed E-state index contributed by atoms with van der Waals surface area (Å²) in [7, 11) is 0. The van der Waals surface area contributed by atoms with E-state index in [4.69, 9.17) is 5.73 Å². The van der Waals surface area contributed by atoms with Crippen LogP contribution >= 0.6 is 0 Å². The summed E-state index contributed by atoms with van der Waals surface area (Å²) in [5.41, 5.74) is 6.65. The summed E-state index contributed by atoms with van der Waals surface area (Å²) >= 11 is 0. The van der Waals surface area contributed by atoms with Crippen molar-refractivity contribution in [3.05, 3.63) is 59.9 Å². The number of benzene rings is 2. The molecule has 0 aromatic heterocycles. The standard InChI is InChI=1S/C20H26FNO2/c1-14(2)11-20(24,19(23)13-22)12-16-10-17(21)8-9-18(16)15-6-4-3-5-7-15/h3-10,14,19,23-24H,11-13,22H2,1-2H3. The predicted octanol–water partition coefficient (Wildman–Crippen LogP) is 3.13. The van der Waals surface area contributed by atoms with E-state index in [1.165, 1.54) is 12.1 Å². The highest BCUT2D eigenvalue weighted by atomic mass is 19.1. The molecule has 0 saturated heterocycles. The van der Waals surface area contributed by atoms with Crippen molar-refractivity contribution in [1.29, 1.82) is 0 Å². The fourth-order valence-electron chi connectivity index (χ4n) is 3.19. The van der Waals surface area contributed by atoms with Crippen molar-refractivity contribution in [3.8, 4) is 11.1 Å². The third-order valence-electron chi connectivity index (χ3n) is 4.25. The third kappa shape index (κ3) is 4.41. The molecular formula is C20H26FNO2. The molecule has 3 nitrogen and oxygen atoms in total. The van der Waals surface area contributed by atoms with Crippen molar-refractivity contribution in [1.82, 2.24) is 0 Å². The fraction of sp³-hybridized carbons (Fsp3) is 0.400. The summed E-state index contributed by atoms with van der Waals surface area (Å²) in [6, 6.07) is 14.2. The Morgan fingerprint density at radius 1 is 1.12 bits per heavy atom. The van der Waals surface area contributed by atoms with Crippen LogP contribution in [-0.2, 0) is 6.42 Å². The van der Waals surface area contributed by atoms with E-state index in [1.807, 2.05) is 44.2 Å². The molecule has 0 aliphatic heterocycles. The van der Waals surface area contributed by atoms with Crippen LogP contribution in [0, 0.1) is 11.7 Å². The highest BCUT2D eigenvalue weighted by Crippen LogP contribution is 2.31. The van der Waals surface area contributed by atoms with Crippen LogP contribution in [0.4, 0.5) is 4.39 Å². The maximum atomic E-state index is 13.8. The van der Waals surface area contributed by atoms with Crippen LogP contribution in [-0.4, -0.2) is 28.5 Å². The Morgan fingerprint density at radius 3 is 2.38 bits per heavy atom. The molecular weight excluding hydrogens is 305 g/mol. The van der Waals surface area contributed by atoms with Crippen molar-refractivity contribution in [2.75, 3.05) is 6.54 Å². The van der Waals surface area contributed by atoms with Gasteiger partial charge >= 0.3 is 0 Å². The molecule has 0 spiro atoms. The lowest BCUT2D eigenvalue weighted by Gasteiger charge is -2.34. The van der Waals surface area contributed by atoms with Gasteiger partial charge in [0.15, 0.2) is 0 Å². The second-order valence-corrected chi connectivity index (χ2v) is 6.80. The lowest BCUT2D eigenvalue weighted by molar-refractivity contribution is -0.0821. The number of hydrogen-bond donors (Lipinski definition) is 3. The van der Waals surface area contributed by atoms with Crippen molar-refractivity contribution < 1.29 is 14.6 Å². The summed E-state index contributed by atoms with van der Waals surface area (Å²) in [4.78, 5) is 0. The smallest absolute Gasteiger partial charge is 0.123 e. The average molecular weight is 331 g/mol. The van der Waals surface area contributed by atoms with Crippen molar-refractivity contribution in [2.45, 2.75) is 38.4 Å². The first kappa shape index (κ1) is 18.6. The zero-order chi connectivity index (χ0) is 17.7. The van der Waals surface area contributed by atoms with E-state index >= 15 is 0 Å². The molecule has 24 heavy (non-hydrogen) atoms. The normalized spacial score (nSPS) is 15.3. The molecule has 0 fully saturated rings. The van der Waals surface area contributed by atoms with Gasteiger partial charge in [-0.15, -0.1) is 0 Å². The van der Waals surface area contributed by atoms with Gasteiger partial charge in [-0.05, 0) is 41.2 Å². The van der Waals surface area contributed by atoms with Crippen LogP contribution in [0.5, 0.6) is 0 Å². The topological polar surface area (TPSA) is 66.5 Å². The number of nitrogens with two attached hydrogens (primary N) is 1. The lowest BCUT2D eigenvalue weighted by Crippen LogP contribution is -2.49. The number of aliphatic hydroxyl groups is 2. The summed E-state index contributed by atoms with van der Waals surface area (Å²) < 4.78 is 13.8. The molecule has 0 radical (unpaired) electrons. The van der Waals surface area contributed by atoms with E-state index in [9.17, 15) is 14.6 Å². The SMILES string of the molecule is CC(C)CC(O)(Cc1cc(F)ccc1-c1ccccc1)C(O)CN. The number of aliphatic hydroxyl groups excluding tert-OH is 1. The molecule has 130 valence electrons. The second kappa shape index (κ2) is 7.88. The van der Waals surface area contributed by atoms with Crippen LogP contribution in [0.15, 0.2) is 48.5 Å². The van der Waals surface area contributed by atoms with Crippen LogP contribution in [0.3, 0.4) is 0 Å². The number of halogens is 1. The minimum atomic E-state index is -1.39. The molecule has 0 amide bonds. The molecule has 0 aliphatic carbocycles. The van der Waals surface area contributed by atoms with Crippen LogP contribution in [0.1, 0.15) is 25.8 Å². The minimum absolute atomic E-state index is 0.0425. The summed E-state index contributed by atoms with van der Waals surface area (Å²) in [5, 5.41) is 21.3. The van der Waals surface area contributed by atoms with Crippen molar-refractivity contribution in [2.24, 2.45) is 11.7 Å². The molecule has 2 rings (SSSR count). The molecule has 2 atom stereocenters. The van der Waals surface area contributed by atoms with Crippen LogP contribution in [0.25, 0.3) is 11.1 Å². The molecule has 2 aromatic rings. The molecule has 0 heterocycles. The van der Waals surface area contributed by atoms with Gasteiger partial charge in [-0.3, -0.25) is 0 Å². The fourth-order valence-corrected chi connectivity index (χ4v) is 3.19. The van der Waals surface area contributed by atoms with Gasteiger partial charge in [-0.2, -0.15) is 0 Å². The minimum Gasteiger partial charge on any atom is -0.389 e. The van der Waals surface area contributed by atoms with E-state index in [1.54, 1.807) is 6.07 Å². The molecule has 0 aliphatic rings. The molecule has 2 aromatic carbocycles. The Kier molecular flexibility index (Phi) is 6.10. The molecule has 0 saturated carbocycles. The maximum Gasteiger partial charge on any atom is 0.123 e. The molecule has 4 heteroatoms. The van der Waals surface area contributed by atoms with Crippen molar-refractivity contribution >= 4 is 0 Å². The Morgan fingerprint density at radius 2 is 1.79 bits per heavy atom. The van der Waals surface area contributed by atoms with Gasteiger partial charge in [-0.1, -0.05) is 50.2 Å². The first-order valence-corrected chi connectivity index (χ1v) is 8.30. The molecule has 2 unspecified atom stereocenters. The highest BCUT2D eigenvalue weighted by Gasteiger charge is 2.36. The zero-order valence-electron chi connectivity index (χ0n) is 14.2. The highest BCUT2D eigenvalue weighted by molar-refractivity contribution is 5.67. The van der Waals surface area contributed by atoms with Crippen LogP contribution in [0.2, 0.25) is 0 Å². The Balaban J connectivity index is 2.44. The van der Waals surface area contributed by atoms with Gasteiger partial charge in [0, 0.05) is 13.0 Å². The largest absolute Gasteiger partial charge is 0.389 e. The lowest BCUT2D eigenvalue weighted by atomic mass is 9.80. The monoisotopic (exact) mass is 331 g/mol. The first-order valence-electron chi connectivity index (χ1n) is 8.30. The van der Waals surface area contributed by atoms with Crippen LogP contribution < -0.4 is 5.73 Å². The Hall–Kier alpha value is -1.75. The number of rotatable bonds is 7. The first-order chi connectivity index (χ1) is 11.4. The third-order valence-corrected chi connectivity index (χ3v) is 4.25. The van der Waals surface area contributed by atoms with Gasteiger partial charge in [-0.25, -0.2) is 4.39 Å². The summed E-state index contributed by atoms with van der Waals surface area (Å²) in [5.74, 6) is -0.191. The van der Waals surface area contributed by atoms with Gasteiger partial charge in [0.05, 0.1) is 11.7 Å².